The number of aromatic nitrogens is 1. The maximum atomic E-state index is 12.2. The van der Waals surface area contributed by atoms with Crippen LogP contribution in [-0.4, -0.2) is 31.0 Å². The van der Waals surface area contributed by atoms with Gasteiger partial charge in [0, 0.05) is 23.7 Å². The molecule has 0 fully saturated rings. The normalized spacial score (nSPS) is 11.9. The van der Waals surface area contributed by atoms with Crippen LogP contribution in [0.4, 0.5) is 0 Å². The minimum Gasteiger partial charge on any atom is -0.477 e. The summed E-state index contributed by atoms with van der Waals surface area (Å²) in [6, 6.07) is 8.66. The number of aromatic carboxylic acids is 1. The smallest absolute Gasteiger partial charge is 0.352 e. The van der Waals surface area contributed by atoms with E-state index >= 15 is 0 Å². The Balaban J connectivity index is 1.72. The van der Waals surface area contributed by atoms with Gasteiger partial charge in [0.1, 0.15) is 21.9 Å². The van der Waals surface area contributed by atoms with Crippen LogP contribution in [0.25, 0.3) is 11.0 Å². The van der Waals surface area contributed by atoms with E-state index in [4.69, 9.17) is 9.52 Å². The summed E-state index contributed by atoms with van der Waals surface area (Å²) in [6.07, 6.45) is 1.63. The van der Waals surface area contributed by atoms with Crippen LogP contribution in [0.5, 0.6) is 0 Å². The van der Waals surface area contributed by atoms with Gasteiger partial charge in [-0.15, -0.1) is 0 Å². The van der Waals surface area contributed by atoms with Gasteiger partial charge in [-0.05, 0) is 25.5 Å². The maximum Gasteiger partial charge on any atom is 0.352 e. The predicted octanol–water partition coefficient (Wildman–Crippen LogP) is 2.29. The fourth-order valence-electron chi connectivity index (χ4n) is 2.58. The van der Waals surface area contributed by atoms with Crippen LogP contribution in [-0.2, 0) is 16.4 Å². The Bertz CT molecular complexity index is 1000. The van der Waals surface area contributed by atoms with Gasteiger partial charge < -0.3 is 14.5 Å². The lowest BCUT2D eigenvalue weighted by molar-refractivity contribution is 0.0691. The number of carboxylic acid groups (broad SMARTS) is 1. The molecule has 0 unspecified atom stereocenters. The third kappa shape index (κ3) is 3.06. The van der Waals surface area contributed by atoms with Gasteiger partial charge in [-0.2, -0.15) is 0 Å². The van der Waals surface area contributed by atoms with Crippen LogP contribution in [0.3, 0.4) is 0 Å². The van der Waals surface area contributed by atoms with Gasteiger partial charge in [0.15, 0.2) is 0 Å². The molecule has 0 saturated carbocycles. The molecule has 0 aliphatic heterocycles. The first kappa shape index (κ1) is 16.3. The summed E-state index contributed by atoms with van der Waals surface area (Å²) in [5.41, 5.74) is 1.55. The molecule has 126 valence electrons. The van der Waals surface area contributed by atoms with Crippen molar-refractivity contribution in [3.8, 4) is 0 Å². The SMILES string of the molecule is Cc1oc2ccccc2c1CCNS(=O)(=O)c1c[nH]c(C(=O)O)c1. The zero-order valence-corrected chi connectivity index (χ0v) is 13.7. The average Bonchev–Trinajstić information content (AvgIpc) is 3.13. The van der Waals surface area contributed by atoms with E-state index in [2.05, 4.69) is 9.71 Å². The van der Waals surface area contributed by atoms with Crippen molar-refractivity contribution in [1.29, 1.82) is 0 Å². The molecule has 3 N–H and O–H groups in total. The van der Waals surface area contributed by atoms with Crippen molar-refractivity contribution in [3.05, 3.63) is 53.5 Å². The molecule has 7 nitrogen and oxygen atoms in total. The third-order valence-corrected chi connectivity index (χ3v) is 5.20. The minimum atomic E-state index is -3.77. The Labute approximate surface area is 138 Å². The lowest BCUT2D eigenvalue weighted by Gasteiger charge is -2.05. The first-order valence-corrected chi connectivity index (χ1v) is 8.75. The standard InChI is InChI=1S/C16H16N2O5S/c1-10-12(13-4-2-3-5-15(13)23-10)6-7-18-24(21,22)11-8-14(16(19)20)17-9-11/h2-5,8-9,17-18H,6-7H2,1H3,(H,19,20). The number of sulfonamides is 1. The Hall–Kier alpha value is -2.58. The van der Waals surface area contributed by atoms with E-state index in [0.717, 1.165) is 34.6 Å². The van der Waals surface area contributed by atoms with Crippen LogP contribution in [0.2, 0.25) is 0 Å². The van der Waals surface area contributed by atoms with Crippen molar-refractivity contribution in [3.63, 3.8) is 0 Å². The topological polar surface area (TPSA) is 112 Å². The van der Waals surface area contributed by atoms with Crippen LogP contribution in [0, 0.1) is 6.92 Å². The van der Waals surface area contributed by atoms with Crippen LogP contribution < -0.4 is 4.72 Å². The average molecular weight is 348 g/mol. The van der Waals surface area contributed by atoms with E-state index in [1.165, 1.54) is 0 Å². The highest BCUT2D eigenvalue weighted by Gasteiger charge is 2.18. The number of carbonyl (C=O) groups is 1. The molecule has 1 aromatic carbocycles. The number of carboxylic acids is 1. The third-order valence-electron chi connectivity index (χ3n) is 3.76. The van der Waals surface area contributed by atoms with Gasteiger partial charge in [-0.3, -0.25) is 0 Å². The summed E-state index contributed by atoms with van der Waals surface area (Å²) < 4.78 is 32.5. The van der Waals surface area contributed by atoms with Gasteiger partial charge in [0.25, 0.3) is 0 Å². The molecule has 2 aromatic heterocycles. The zero-order valence-electron chi connectivity index (χ0n) is 12.9. The highest BCUT2D eigenvalue weighted by Crippen LogP contribution is 2.25. The van der Waals surface area contributed by atoms with E-state index in [1.807, 2.05) is 31.2 Å². The summed E-state index contributed by atoms with van der Waals surface area (Å²) in [6.45, 7) is 2.02. The Morgan fingerprint density at radius 3 is 2.79 bits per heavy atom. The second kappa shape index (κ2) is 6.14. The molecule has 8 heteroatoms. The number of para-hydroxylation sites is 1. The quantitative estimate of drug-likeness (QED) is 0.633. The van der Waals surface area contributed by atoms with Gasteiger partial charge >= 0.3 is 5.97 Å². The fraction of sp³-hybridized carbons (Fsp3) is 0.188. The van der Waals surface area contributed by atoms with E-state index in [9.17, 15) is 13.2 Å². The number of fused-ring (bicyclic) bond motifs is 1. The summed E-state index contributed by atoms with van der Waals surface area (Å²) in [7, 11) is -3.77. The predicted molar refractivity (Wildman–Crippen MR) is 87.6 cm³/mol. The van der Waals surface area contributed by atoms with E-state index in [1.54, 1.807) is 0 Å². The number of H-pyrrole nitrogens is 1. The second-order valence-electron chi connectivity index (χ2n) is 5.33. The fourth-order valence-corrected chi connectivity index (χ4v) is 3.60. The first-order chi connectivity index (χ1) is 11.4. The van der Waals surface area contributed by atoms with Gasteiger partial charge in [0.05, 0.1) is 0 Å². The molecule has 0 atom stereocenters. The number of benzene rings is 1. The largest absolute Gasteiger partial charge is 0.477 e. The highest BCUT2D eigenvalue weighted by molar-refractivity contribution is 7.89. The molecule has 24 heavy (non-hydrogen) atoms. The van der Waals surface area contributed by atoms with Crippen molar-refractivity contribution in [1.82, 2.24) is 9.71 Å². The molecule has 0 aliphatic carbocycles. The van der Waals surface area contributed by atoms with E-state index in [0.29, 0.717) is 6.42 Å². The molecule has 3 aromatic rings. The van der Waals surface area contributed by atoms with Crippen molar-refractivity contribution in [2.75, 3.05) is 6.54 Å². The van der Waals surface area contributed by atoms with Gasteiger partial charge in [0.2, 0.25) is 10.0 Å². The molecule has 0 bridgehead atoms. The Kier molecular flexibility index (Phi) is 4.16. The number of hydrogen-bond acceptors (Lipinski definition) is 4. The van der Waals surface area contributed by atoms with Crippen molar-refractivity contribution in [2.45, 2.75) is 18.2 Å². The first-order valence-electron chi connectivity index (χ1n) is 7.27. The number of aromatic amines is 1. The number of hydrogen-bond donors (Lipinski definition) is 3. The second-order valence-corrected chi connectivity index (χ2v) is 7.10. The number of furan rings is 1. The molecule has 0 saturated heterocycles. The Morgan fingerprint density at radius 1 is 1.33 bits per heavy atom. The van der Waals surface area contributed by atoms with Crippen LogP contribution in [0.1, 0.15) is 21.8 Å². The Morgan fingerprint density at radius 2 is 2.08 bits per heavy atom. The molecule has 0 amide bonds. The lowest BCUT2D eigenvalue weighted by atomic mass is 10.1. The molecule has 0 radical (unpaired) electrons. The summed E-state index contributed by atoms with van der Waals surface area (Å²) in [5.74, 6) is -0.456. The van der Waals surface area contributed by atoms with Crippen molar-refractivity contribution in [2.24, 2.45) is 0 Å². The summed E-state index contributed by atoms with van der Waals surface area (Å²) in [5, 5.41) is 9.80. The monoisotopic (exact) mass is 348 g/mol. The molecule has 0 aliphatic rings. The zero-order chi connectivity index (χ0) is 17.3. The van der Waals surface area contributed by atoms with Gasteiger partial charge in [-0.1, -0.05) is 18.2 Å². The van der Waals surface area contributed by atoms with E-state index < -0.39 is 16.0 Å². The van der Waals surface area contributed by atoms with Crippen LogP contribution in [0.15, 0.2) is 45.8 Å². The lowest BCUT2D eigenvalue weighted by Crippen LogP contribution is -2.25. The molecular formula is C16H16N2O5S. The molecule has 0 spiro atoms. The minimum absolute atomic E-state index is 0.103. The van der Waals surface area contributed by atoms with Crippen LogP contribution >= 0.6 is 0 Å². The number of nitrogens with one attached hydrogen (secondary N) is 2. The molecule has 2 heterocycles. The summed E-state index contributed by atoms with van der Waals surface area (Å²) in [4.78, 5) is 13.1. The van der Waals surface area contributed by atoms with Crippen molar-refractivity contribution < 1.29 is 22.7 Å². The maximum absolute atomic E-state index is 12.2. The number of aryl methyl sites for hydroxylation is 1. The number of rotatable bonds is 6. The molecule has 3 rings (SSSR count). The van der Waals surface area contributed by atoms with Crippen molar-refractivity contribution >= 4 is 27.0 Å². The van der Waals surface area contributed by atoms with Gasteiger partial charge in [-0.25, -0.2) is 17.9 Å². The summed E-state index contributed by atoms with van der Waals surface area (Å²) >= 11 is 0. The van der Waals surface area contributed by atoms with E-state index in [-0.39, 0.29) is 17.1 Å². The highest BCUT2D eigenvalue weighted by atomic mass is 32.2. The molecular weight excluding hydrogens is 332 g/mol.